The fraction of sp³-hybridized carbons (Fsp3) is 0.400. The van der Waals surface area contributed by atoms with E-state index in [1.165, 1.54) is 12.1 Å². The van der Waals surface area contributed by atoms with Gasteiger partial charge in [0, 0.05) is 31.0 Å². The fourth-order valence-electron chi connectivity index (χ4n) is 3.28. The Labute approximate surface area is 147 Å². The number of carbonyl (C=O) groups excluding carboxylic acids is 1. The van der Waals surface area contributed by atoms with E-state index < -0.39 is 0 Å². The van der Waals surface area contributed by atoms with E-state index in [0.29, 0.717) is 6.61 Å². The Morgan fingerprint density at radius 2 is 2.08 bits per heavy atom. The molecule has 1 fully saturated rings. The van der Waals surface area contributed by atoms with Gasteiger partial charge in [-0.05, 0) is 55.6 Å². The minimum Gasteiger partial charge on any atom is -0.466 e. The number of nitrogens with zero attached hydrogens (tertiary/aromatic N) is 2. The van der Waals surface area contributed by atoms with E-state index in [1.807, 2.05) is 13.1 Å². The van der Waals surface area contributed by atoms with Crippen LogP contribution < -0.4 is 0 Å². The molecule has 2 aromatic rings. The van der Waals surface area contributed by atoms with E-state index in [0.717, 1.165) is 49.2 Å². The summed E-state index contributed by atoms with van der Waals surface area (Å²) in [7, 11) is 0. The summed E-state index contributed by atoms with van der Waals surface area (Å²) >= 11 is 0. The summed E-state index contributed by atoms with van der Waals surface area (Å²) in [4.78, 5) is 18.6. The molecule has 25 heavy (non-hydrogen) atoms. The van der Waals surface area contributed by atoms with Crippen molar-refractivity contribution in [1.29, 1.82) is 0 Å². The number of carbonyl (C=O) groups is 1. The number of likely N-dealkylation sites (tertiary alicyclic amines) is 1. The van der Waals surface area contributed by atoms with Crippen molar-refractivity contribution in [3.8, 4) is 11.1 Å². The standard InChI is InChI=1S/C20H23FN2O2/c1-2-25-20(24)17-4-3-9-23(14-17)13-15-10-18(12-22-11-15)16-5-7-19(21)8-6-16/h5-8,10-12,17H,2-4,9,13-14H2,1H3. The average Bonchev–Trinajstić information content (AvgIpc) is 2.63. The molecule has 132 valence electrons. The molecule has 0 amide bonds. The Balaban J connectivity index is 1.67. The smallest absolute Gasteiger partial charge is 0.310 e. The third-order valence-electron chi connectivity index (χ3n) is 4.50. The lowest BCUT2D eigenvalue weighted by molar-refractivity contribution is -0.150. The number of halogens is 1. The molecule has 0 aliphatic carbocycles. The summed E-state index contributed by atoms with van der Waals surface area (Å²) in [5.41, 5.74) is 3.00. The summed E-state index contributed by atoms with van der Waals surface area (Å²) in [5.74, 6) is -0.376. The first-order chi connectivity index (χ1) is 12.2. The van der Waals surface area contributed by atoms with Gasteiger partial charge in [0.05, 0.1) is 12.5 Å². The SMILES string of the molecule is CCOC(=O)C1CCCN(Cc2cncc(-c3ccc(F)cc3)c2)C1. The number of benzene rings is 1. The van der Waals surface area contributed by atoms with Gasteiger partial charge in [0.15, 0.2) is 0 Å². The molecule has 1 saturated heterocycles. The van der Waals surface area contributed by atoms with E-state index in [4.69, 9.17) is 4.74 Å². The number of aromatic nitrogens is 1. The lowest BCUT2D eigenvalue weighted by atomic mass is 9.97. The Hall–Kier alpha value is -2.27. The summed E-state index contributed by atoms with van der Waals surface area (Å²) in [6.07, 6.45) is 5.52. The van der Waals surface area contributed by atoms with E-state index in [2.05, 4.69) is 16.0 Å². The van der Waals surface area contributed by atoms with Crippen LogP contribution in [-0.2, 0) is 16.1 Å². The molecule has 1 unspecified atom stereocenters. The third-order valence-corrected chi connectivity index (χ3v) is 4.50. The highest BCUT2D eigenvalue weighted by Gasteiger charge is 2.26. The highest BCUT2D eigenvalue weighted by Crippen LogP contribution is 2.23. The first-order valence-corrected chi connectivity index (χ1v) is 8.74. The van der Waals surface area contributed by atoms with Crippen LogP contribution in [-0.4, -0.2) is 35.5 Å². The van der Waals surface area contributed by atoms with Gasteiger partial charge in [-0.25, -0.2) is 4.39 Å². The van der Waals surface area contributed by atoms with E-state index in [-0.39, 0.29) is 17.7 Å². The number of pyridine rings is 1. The van der Waals surface area contributed by atoms with Crippen molar-refractivity contribution in [3.05, 3.63) is 54.1 Å². The molecule has 1 atom stereocenters. The number of piperidine rings is 1. The predicted octanol–water partition coefficient (Wildman–Crippen LogP) is 3.66. The fourth-order valence-corrected chi connectivity index (χ4v) is 3.28. The highest BCUT2D eigenvalue weighted by molar-refractivity contribution is 5.72. The Morgan fingerprint density at radius 3 is 2.84 bits per heavy atom. The zero-order valence-electron chi connectivity index (χ0n) is 14.5. The van der Waals surface area contributed by atoms with Crippen molar-refractivity contribution in [2.24, 2.45) is 5.92 Å². The topological polar surface area (TPSA) is 42.4 Å². The van der Waals surface area contributed by atoms with E-state index in [1.54, 1.807) is 18.3 Å². The molecular formula is C20H23FN2O2. The number of rotatable bonds is 5. The van der Waals surface area contributed by atoms with Crippen LogP contribution in [0.5, 0.6) is 0 Å². The summed E-state index contributed by atoms with van der Waals surface area (Å²) in [6, 6.07) is 8.50. The van der Waals surface area contributed by atoms with Crippen LogP contribution in [0.2, 0.25) is 0 Å². The molecule has 0 N–H and O–H groups in total. The molecule has 4 nitrogen and oxygen atoms in total. The second kappa shape index (κ2) is 8.21. The van der Waals surface area contributed by atoms with Crippen molar-refractivity contribution < 1.29 is 13.9 Å². The molecule has 3 rings (SSSR count). The van der Waals surface area contributed by atoms with E-state index >= 15 is 0 Å². The number of esters is 1. The van der Waals surface area contributed by atoms with Crippen molar-refractivity contribution in [1.82, 2.24) is 9.88 Å². The molecule has 0 saturated carbocycles. The maximum Gasteiger partial charge on any atom is 0.310 e. The van der Waals surface area contributed by atoms with Crippen LogP contribution in [0.25, 0.3) is 11.1 Å². The van der Waals surface area contributed by atoms with Crippen LogP contribution in [0, 0.1) is 11.7 Å². The van der Waals surface area contributed by atoms with Gasteiger partial charge in [-0.3, -0.25) is 14.7 Å². The highest BCUT2D eigenvalue weighted by atomic mass is 19.1. The van der Waals surface area contributed by atoms with Gasteiger partial charge in [-0.1, -0.05) is 12.1 Å². The zero-order chi connectivity index (χ0) is 17.6. The van der Waals surface area contributed by atoms with Crippen molar-refractivity contribution in [2.45, 2.75) is 26.3 Å². The number of hydrogen-bond acceptors (Lipinski definition) is 4. The van der Waals surface area contributed by atoms with Crippen LogP contribution in [0.3, 0.4) is 0 Å². The lowest BCUT2D eigenvalue weighted by Gasteiger charge is -2.31. The molecule has 0 radical (unpaired) electrons. The first-order valence-electron chi connectivity index (χ1n) is 8.74. The predicted molar refractivity (Wildman–Crippen MR) is 94.3 cm³/mol. The van der Waals surface area contributed by atoms with Crippen molar-refractivity contribution >= 4 is 5.97 Å². The van der Waals surface area contributed by atoms with Crippen LogP contribution in [0.1, 0.15) is 25.3 Å². The summed E-state index contributed by atoms with van der Waals surface area (Å²) in [5, 5.41) is 0. The van der Waals surface area contributed by atoms with Crippen molar-refractivity contribution in [2.75, 3.05) is 19.7 Å². The van der Waals surface area contributed by atoms with Gasteiger partial charge in [0.25, 0.3) is 0 Å². The molecule has 1 aliphatic rings. The molecule has 1 aromatic carbocycles. The molecule has 5 heteroatoms. The Kier molecular flexibility index (Phi) is 5.76. The van der Waals surface area contributed by atoms with Gasteiger partial charge in [-0.2, -0.15) is 0 Å². The molecule has 0 spiro atoms. The minimum absolute atomic E-state index is 0.0399. The van der Waals surface area contributed by atoms with Crippen LogP contribution in [0.4, 0.5) is 4.39 Å². The monoisotopic (exact) mass is 342 g/mol. The largest absolute Gasteiger partial charge is 0.466 e. The maximum absolute atomic E-state index is 13.1. The van der Waals surface area contributed by atoms with Crippen LogP contribution in [0.15, 0.2) is 42.7 Å². The van der Waals surface area contributed by atoms with Gasteiger partial charge < -0.3 is 4.74 Å². The molecule has 1 aromatic heterocycles. The number of hydrogen-bond donors (Lipinski definition) is 0. The second-order valence-electron chi connectivity index (χ2n) is 6.42. The third kappa shape index (κ3) is 4.63. The minimum atomic E-state index is -0.244. The normalized spacial score (nSPS) is 18.1. The quantitative estimate of drug-likeness (QED) is 0.778. The lowest BCUT2D eigenvalue weighted by Crippen LogP contribution is -2.38. The average molecular weight is 342 g/mol. The first kappa shape index (κ1) is 17.5. The zero-order valence-corrected chi connectivity index (χ0v) is 14.5. The molecular weight excluding hydrogens is 319 g/mol. The van der Waals surface area contributed by atoms with Gasteiger partial charge >= 0.3 is 5.97 Å². The Morgan fingerprint density at radius 1 is 1.28 bits per heavy atom. The molecule has 2 heterocycles. The molecule has 1 aliphatic heterocycles. The number of ether oxygens (including phenoxy) is 1. The molecule has 0 bridgehead atoms. The maximum atomic E-state index is 13.1. The summed E-state index contributed by atoms with van der Waals surface area (Å²) < 4.78 is 18.2. The van der Waals surface area contributed by atoms with Gasteiger partial charge in [-0.15, -0.1) is 0 Å². The summed E-state index contributed by atoms with van der Waals surface area (Å²) in [6.45, 7) is 4.71. The second-order valence-corrected chi connectivity index (χ2v) is 6.42. The van der Waals surface area contributed by atoms with Crippen molar-refractivity contribution in [3.63, 3.8) is 0 Å². The van der Waals surface area contributed by atoms with E-state index in [9.17, 15) is 9.18 Å². The Bertz CT molecular complexity index is 718. The van der Waals surface area contributed by atoms with Crippen LogP contribution >= 0.6 is 0 Å². The van der Waals surface area contributed by atoms with Gasteiger partial charge in [0.1, 0.15) is 5.82 Å². The van der Waals surface area contributed by atoms with Gasteiger partial charge in [0.2, 0.25) is 0 Å².